The van der Waals surface area contributed by atoms with Gasteiger partial charge in [-0.15, -0.1) is 5.10 Å². The molecule has 2 rings (SSSR count). The molecule has 0 fully saturated rings. The summed E-state index contributed by atoms with van der Waals surface area (Å²) in [4.78, 5) is 18.6. The largest absolute Gasteiger partial charge is 0.480 e. The molecule has 23 heavy (non-hydrogen) atoms. The third-order valence-corrected chi connectivity index (χ3v) is 3.28. The number of carboxylic acid groups (broad SMARTS) is 1. The first-order valence-electron chi connectivity index (χ1n) is 6.83. The van der Waals surface area contributed by atoms with Gasteiger partial charge in [0.15, 0.2) is 5.16 Å². The molecular formula is C13H17N5O4S. The molecule has 10 heteroatoms. The minimum atomic E-state index is -0.991. The molecule has 0 unspecified atom stereocenters. The van der Waals surface area contributed by atoms with E-state index in [2.05, 4.69) is 20.3 Å². The number of hydrogen-bond acceptors (Lipinski definition) is 8. The molecule has 2 aromatic rings. The lowest BCUT2D eigenvalue weighted by Gasteiger charge is -2.04. The Morgan fingerprint density at radius 1 is 1.26 bits per heavy atom. The molecule has 0 aromatic carbocycles. The average molecular weight is 339 g/mol. The summed E-state index contributed by atoms with van der Waals surface area (Å²) < 4.78 is 11.8. The van der Waals surface area contributed by atoms with Gasteiger partial charge < -0.3 is 14.6 Å². The van der Waals surface area contributed by atoms with Crippen LogP contribution >= 0.6 is 11.8 Å². The number of hydrogen-bond donors (Lipinski definition) is 1. The molecular weight excluding hydrogens is 322 g/mol. The van der Waals surface area contributed by atoms with Crippen molar-refractivity contribution in [1.29, 1.82) is 0 Å². The zero-order valence-corrected chi connectivity index (χ0v) is 13.4. The first-order valence-corrected chi connectivity index (χ1v) is 8.05. The number of rotatable bonds is 10. The van der Waals surface area contributed by atoms with Crippen molar-refractivity contribution < 1.29 is 19.4 Å². The summed E-state index contributed by atoms with van der Waals surface area (Å²) in [5.41, 5.74) is 1.50. The van der Waals surface area contributed by atoms with Gasteiger partial charge in [-0.25, -0.2) is 19.4 Å². The lowest BCUT2D eigenvalue weighted by molar-refractivity contribution is -0.142. The molecule has 0 radical (unpaired) electrons. The molecule has 0 bridgehead atoms. The van der Waals surface area contributed by atoms with E-state index >= 15 is 0 Å². The van der Waals surface area contributed by atoms with Gasteiger partial charge in [-0.3, -0.25) is 0 Å². The monoisotopic (exact) mass is 339 g/mol. The van der Waals surface area contributed by atoms with Crippen LogP contribution in [0.4, 0.5) is 0 Å². The third kappa shape index (κ3) is 5.93. The number of ether oxygens (including phenoxy) is 2. The Bertz CT molecular complexity index is 619. The highest BCUT2D eigenvalue weighted by Gasteiger charge is 2.05. The fourth-order valence-corrected chi connectivity index (χ4v) is 1.95. The van der Waals surface area contributed by atoms with Crippen LogP contribution in [-0.4, -0.2) is 68.7 Å². The van der Waals surface area contributed by atoms with Crippen molar-refractivity contribution in [3.8, 4) is 11.3 Å². The fraction of sp³-hybridized carbons (Fsp3) is 0.462. The van der Waals surface area contributed by atoms with Crippen molar-refractivity contribution in [2.45, 2.75) is 11.7 Å². The summed E-state index contributed by atoms with van der Waals surface area (Å²) in [7, 11) is 0. The van der Waals surface area contributed by atoms with Crippen LogP contribution in [0.3, 0.4) is 0 Å². The van der Waals surface area contributed by atoms with E-state index in [1.165, 1.54) is 11.8 Å². The first-order chi connectivity index (χ1) is 11.2. The highest BCUT2D eigenvalue weighted by molar-refractivity contribution is 7.98. The van der Waals surface area contributed by atoms with E-state index in [4.69, 9.17) is 14.6 Å². The van der Waals surface area contributed by atoms with E-state index in [9.17, 15) is 4.79 Å². The van der Waals surface area contributed by atoms with Crippen LogP contribution in [0.2, 0.25) is 0 Å². The molecule has 9 nitrogen and oxygen atoms in total. The second-order valence-electron chi connectivity index (χ2n) is 4.38. The Balaban J connectivity index is 1.71. The van der Waals surface area contributed by atoms with E-state index in [0.717, 1.165) is 5.56 Å². The molecule has 2 heterocycles. The van der Waals surface area contributed by atoms with Crippen LogP contribution in [0, 0.1) is 0 Å². The summed E-state index contributed by atoms with van der Waals surface area (Å²) in [6.07, 6.45) is 7.13. The maximum Gasteiger partial charge on any atom is 0.329 e. The molecule has 0 spiro atoms. The van der Waals surface area contributed by atoms with Gasteiger partial charge in [0.1, 0.15) is 12.3 Å². The summed E-state index contributed by atoms with van der Waals surface area (Å²) >= 11 is 1.48. The summed E-state index contributed by atoms with van der Waals surface area (Å²) in [5, 5.41) is 17.2. The Labute approximate surface area is 137 Å². The molecule has 0 aliphatic rings. The van der Waals surface area contributed by atoms with Crippen molar-refractivity contribution in [3.05, 3.63) is 18.6 Å². The maximum atomic E-state index is 10.2. The molecule has 0 aliphatic heterocycles. The highest BCUT2D eigenvalue weighted by Crippen LogP contribution is 2.15. The Kier molecular flexibility index (Phi) is 6.91. The van der Waals surface area contributed by atoms with Crippen molar-refractivity contribution in [2.24, 2.45) is 0 Å². The number of nitrogens with zero attached hydrogens (tertiary/aromatic N) is 5. The summed E-state index contributed by atoms with van der Waals surface area (Å²) in [6, 6.07) is 0. The molecule has 0 aliphatic carbocycles. The summed E-state index contributed by atoms with van der Waals surface area (Å²) in [6.45, 7) is 1.23. The topological polar surface area (TPSA) is 112 Å². The van der Waals surface area contributed by atoms with Crippen molar-refractivity contribution in [1.82, 2.24) is 25.0 Å². The predicted octanol–water partition coefficient (Wildman–Crippen LogP) is 0.575. The van der Waals surface area contributed by atoms with Crippen LogP contribution in [0.1, 0.15) is 0 Å². The third-order valence-electron chi connectivity index (χ3n) is 2.71. The Hall–Kier alpha value is -2.04. The van der Waals surface area contributed by atoms with E-state index in [1.807, 2.05) is 6.26 Å². The van der Waals surface area contributed by atoms with Crippen molar-refractivity contribution >= 4 is 17.7 Å². The molecule has 124 valence electrons. The second kappa shape index (κ2) is 9.18. The van der Waals surface area contributed by atoms with Crippen LogP contribution < -0.4 is 0 Å². The van der Waals surface area contributed by atoms with Gasteiger partial charge >= 0.3 is 5.97 Å². The minimum absolute atomic E-state index is 0.244. The van der Waals surface area contributed by atoms with Crippen LogP contribution in [0.15, 0.2) is 23.7 Å². The van der Waals surface area contributed by atoms with Crippen LogP contribution in [0.5, 0.6) is 0 Å². The number of carbonyl (C=O) groups is 1. The number of thioether (sulfide) groups is 1. The molecule has 2 aromatic heterocycles. The maximum absolute atomic E-state index is 10.2. The molecule has 1 N–H and O–H groups in total. The van der Waals surface area contributed by atoms with Gasteiger partial charge in [0.05, 0.1) is 32.6 Å². The predicted molar refractivity (Wildman–Crippen MR) is 82.1 cm³/mol. The van der Waals surface area contributed by atoms with Gasteiger partial charge in [0.25, 0.3) is 0 Å². The zero-order valence-electron chi connectivity index (χ0n) is 12.6. The van der Waals surface area contributed by atoms with E-state index < -0.39 is 5.97 Å². The van der Waals surface area contributed by atoms with Gasteiger partial charge in [-0.05, 0) is 6.26 Å². The number of carboxylic acids is 1. The summed E-state index contributed by atoms with van der Waals surface area (Å²) in [5.74, 6) is -0.991. The molecule has 0 atom stereocenters. The van der Waals surface area contributed by atoms with Gasteiger partial charge in [0.2, 0.25) is 0 Å². The van der Waals surface area contributed by atoms with E-state index in [-0.39, 0.29) is 13.2 Å². The van der Waals surface area contributed by atoms with Gasteiger partial charge in [-0.1, -0.05) is 17.0 Å². The minimum Gasteiger partial charge on any atom is -0.480 e. The van der Waals surface area contributed by atoms with Crippen LogP contribution in [-0.2, 0) is 20.8 Å². The molecule has 0 amide bonds. The van der Waals surface area contributed by atoms with E-state index in [1.54, 1.807) is 23.3 Å². The Morgan fingerprint density at radius 3 is 2.70 bits per heavy atom. The second-order valence-corrected chi connectivity index (χ2v) is 5.16. The standard InChI is InChI=1S/C13H17N5O4S/c1-23-13-14-6-10(7-15-13)11-8-18(17-16-11)2-3-21-4-5-22-9-12(19)20/h6-8H,2-5,9H2,1H3,(H,19,20). The van der Waals surface area contributed by atoms with E-state index in [0.29, 0.717) is 30.6 Å². The van der Waals surface area contributed by atoms with Crippen molar-refractivity contribution in [2.75, 3.05) is 32.7 Å². The Morgan fingerprint density at radius 2 is 2.00 bits per heavy atom. The number of aromatic nitrogens is 5. The van der Waals surface area contributed by atoms with Gasteiger partial charge in [-0.2, -0.15) is 0 Å². The highest BCUT2D eigenvalue weighted by atomic mass is 32.2. The lowest BCUT2D eigenvalue weighted by atomic mass is 10.3. The van der Waals surface area contributed by atoms with Gasteiger partial charge in [0, 0.05) is 18.0 Å². The molecule has 0 saturated carbocycles. The first kappa shape index (κ1) is 17.3. The average Bonchev–Trinajstić information content (AvgIpc) is 3.02. The SMILES string of the molecule is CSc1ncc(-c2cn(CCOCCOCC(=O)O)nn2)cn1. The fourth-order valence-electron chi connectivity index (χ4n) is 1.63. The van der Waals surface area contributed by atoms with Crippen molar-refractivity contribution in [3.63, 3.8) is 0 Å². The lowest BCUT2D eigenvalue weighted by Crippen LogP contribution is -2.13. The normalized spacial score (nSPS) is 10.8. The van der Waals surface area contributed by atoms with Crippen LogP contribution in [0.25, 0.3) is 11.3 Å². The quantitative estimate of drug-likeness (QED) is 0.377. The molecule has 0 saturated heterocycles. The number of aliphatic carboxylic acids is 1. The zero-order chi connectivity index (χ0) is 16.5. The smallest absolute Gasteiger partial charge is 0.329 e.